The molecular formula is C21H25N3O3S. The highest BCUT2D eigenvalue weighted by molar-refractivity contribution is 7.99. The summed E-state index contributed by atoms with van der Waals surface area (Å²) in [6.45, 7) is 9.39. The molecular weight excluding hydrogens is 374 g/mol. The van der Waals surface area contributed by atoms with Crippen molar-refractivity contribution >= 4 is 11.8 Å². The molecule has 0 spiro atoms. The summed E-state index contributed by atoms with van der Waals surface area (Å²) in [7, 11) is 0. The molecule has 0 radical (unpaired) electrons. The number of aromatic amines is 1. The largest absolute Gasteiger partial charge is 0.454 e. The third kappa shape index (κ3) is 4.10. The van der Waals surface area contributed by atoms with E-state index in [4.69, 9.17) is 14.5 Å². The van der Waals surface area contributed by atoms with Gasteiger partial charge in [0, 0.05) is 36.5 Å². The summed E-state index contributed by atoms with van der Waals surface area (Å²) < 4.78 is 10.9. The van der Waals surface area contributed by atoms with Gasteiger partial charge in [0.1, 0.15) is 0 Å². The van der Waals surface area contributed by atoms with Crippen molar-refractivity contribution in [2.45, 2.75) is 31.3 Å². The van der Waals surface area contributed by atoms with E-state index < -0.39 is 0 Å². The molecule has 0 atom stereocenters. The van der Waals surface area contributed by atoms with Crippen molar-refractivity contribution in [2.24, 2.45) is 0 Å². The van der Waals surface area contributed by atoms with E-state index in [-0.39, 0.29) is 12.4 Å². The van der Waals surface area contributed by atoms with Crippen molar-refractivity contribution in [1.82, 2.24) is 14.9 Å². The second-order valence-corrected chi connectivity index (χ2v) is 8.14. The van der Waals surface area contributed by atoms with Gasteiger partial charge in [-0.3, -0.25) is 4.79 Å². The van der Waals surface area contributed by atoms with E-state index in [1.54, 1.807) is 11.8 Å². The Labute approximate surface area is 169 Å². The Bertz CT molecular complexity index is 931. The van der Waals surface area contributed by atoms with Gasteiger partial charge in [-0.05, 0) is 37.5 Å². The quantitative estimate of drug-likeness (QED) is 0.456. The molecule has 2 aliphatic heterocycles. The molecule has 2 aromatic rings. The van der Waals surface area contributed by atoms with Crippen molar-refractivity contribution < 1.29 is 9.47 Å². The first-order chi connectivity index (χ1) is 13.6. The number of fused-ring (bicyclic) bond motifs is 1. The normalized spacial score (nSPS) is 16.5. The van der Waals surface area contributed by atoms with E-state index in [0.29, 0.717) is 22.9 Å². The van der Waals surface area contributed by atoms with Gasteiger partial charge in [0.25, 0.3) is 5.56 Å². The zero-order valence-electron chi connectivity index (χ0n) is 16.1. The zero-order valence-corrected chi connectivity index (χ0v) is 16.9. The van der Waals surface area contributed by atoms with Gasteiger partial charge < -0.3 is 19.4 Å². The van der Waals surface area contributed by atoms with Gasteiger partial charge in [0.2, 0.25) is 6.79 Å². The van der Waals surface area contributed by atoms with Gasteiger partial charge in [-0.1, -0.05) is 30.8 Å². The number of H-pyrrole nitrogens is 1. The summed E-state index contributed by atoms with van der Waals surface area (Å²) in [5.41, 5.74) is 3.57. The Morgan fingerprint density at radius 3 is 2.82 bits per heavy atom. The van der Waals surface area contributed by atoms with Gasteiger partial charge >= 0.3 is 0 Å². The minimum atomic E-state index is -0.0676. The van der Waals surface area contributed by atoms with Crippen molar-refractivity contribution in [3.8, 4) is 22.8 Å². The van der Waals surface area contributed by atoms with E-state index in [2.05, 4.69) is 16.5 Å². The molecule has 1 N–H and O–H groups in total. The Balaban J connectivity index is 1.51. The number of ether oxygens (including phenoxy) is 2. The lowest BCUT2D eigenvalue weighted by Crippen LogP contribution is -2.32. The van der Waals surface area contributed by atoms with Crippen LogP contribution < -0.4 is 15.0 Å². The third-order valence-corrected chi connectivity index (χ3v) is 6.06. The summed E-state index contributed by atoms with van der Waals surface area (Å²) >= 11 is 1.60. The molecule has 1 saturated heterocycles. The lowest BCUT2D eigenvalue weighted by molar-refractivity contribution is 0.174. The Morgan fingerprint density at radius 2 is 2.04 bits per heavy atom. The van der Waals surface area contributed by atoms with Crippen LogP contribution in [0, 0.1) is 0 Å². The first kappa shape index (κ1) is 19.1. The molecule has 1 fully saturated rings. The second kappa shape index (κ2) is 8.41. The maximum atomic E-state index is 12.6. The minimum absolute atomic E-state index is 0.0676. The molecule has 0 unspecified atom stereocenters. The molecule has 1 aromatic heterocycles. The number of thioether (sulfide) groups is 1. The molecule has 6 nitrogen and oxygen atoms in total. The van der Waals surface area contributed by atoms with Crippen LogP contribution in [0.5, 0.6) is 11.5 Å². The van der Waals surface area contributed by atoms with Crippen LogP contribution in [0.15, 0.2) is 40.3 Å². The number of benzene rings is 1. The van der Waals surface area contributed by atoms with Crippen LogP contribution in [0.3, 0.4) is 0 Å². The Morgan fingerprint density at radius 1 is 1.25 bits per heavy atom. The van der Waals surface area contributed by atoms with Crippen LogP contribution in [0.1, 0.15) is 25.3 Å². The standard InChI is InChI=1S/C21H25N3O3S/c1-3-16-19(15-4-5-17-18(12-15)27-13-26-17)22-21(23-20(16)25)28-11-10-24-8-6-14(2)7-9-24/h4-5,12H,2-3,6-11,13H2,1H3,(H,22,23,25). The maximum absolute atomic E-state index is 12.6. The number of rotatable bonds is 6. The Kier molecular flexibility index (Phi) is 5.73. The van der Waals surface area contributed by atoms with Crippen LogP contribution in [-0.4, -0.2) is 47.0 Å². The fourth-order valence-electron chi connectivity index (χ4n) is 3.52. The molecule has 0 amide bonds. The minimum Gasteiger partial charge on any atom is -0.454 e. The van der Waals surface area contributed by atoms with Gasteiger partial charge in [0.15, 0.2) is 16.7 Å². The molecule has 0 saturated carbocycles. The third-order valence-electron chi connectivity index (χ3n) is 5.20. The molecule has 1 aromatic carbocycles. The van der Waals surface area contributed by atoms with E-state index >= 15 is 0 Å². The van der Waals surface area contributed by atoms with Crippen molar-refractivity contribution in [2.75, 3.05) is 32.2 Å². The SMILES string of the molecule is C=C1CCN(CCSc2nc(-c3ccc4c(c3)OCO4)c(CC)c(=O)[nH]2)CC1. The molecule has 148 valence electrons. The fourth-order valence-corrected chi connectivity index (χ4v) is 4.38. The monoisotopic (exact) mass is 399 g/mol. The molecule has 7 heteroatoms. The molecule has 0 bridgehead atoms. The lowest BCUT2D eigenvalue weighted by Gasteiger charge is -2.27. The molecule has 0 aliphatic carbocycles. The highest BCUT2D eigenvalue weighted by Gasteiger charge is 2.18. The van der Waals surface area contributed by atoms with Crippen molar-refractivity contribution in [3.63, 3.8) is 0 Å². The molecule has 4 rings (SSSR count). The van der Waals surface area contributed by atoms with E-state index in [1.807, 2.05) is 25.1 Å². The molecule has 3 heterocycles. The van der Waals surface area contributed by atoms with Crippen LogP contribution in [0.4, 0.5) is 0 Å². The van der Waals surface area contributed by atoms with Gasteiger partial charge in [-0.2, -0.15) is 0 Å². The van der Waals surface area contributed by atoms with Crippen LogP contribution in [-0.2, 0) is 6.42 Å². The topological polar surface area (TPSA) is 67.5 Å². The fraction of sp³-hybridized carbons (Fsp3) is 0.429. The highest BCUT2D eigenvalue weighted by atomic mass is 32.2. The second-order valence-electron chi connectivity index (χ2n) is 7.06. The smallest absolute Gasteiger partial charge is 0.255 e. The number of hydrogen-bond acceptors (Lipinski definition) is 6. The average Bonchev–Trinajstić information content (AvgIpc) is 3.17. The number of piperidine rings is 1. The van der Waals surface area contributed by atoms with E-state index in [0.717, 1.165) is 55.2 Å². The zero-order chi connectivity index (χ0) is 19.5. The first-order valence-corrected chi connectivity index (χ1v) is 10.7. The first-order valence-electron chi connectivity index (χ1n) is 9.69. The summed E-state index contributed by atoms with van der Waals surface area (Å²) in [5, 5.41) is 0.663. The Hall–Kier alpha value is -2.25. The van der Waals surface area contributed by atoms with Gasteiger partial charge in [0.05, 0.1) is 5.69 Å². The predicted octanol–water partition coefficient (Wildman–Crippen LogP) is 3.47. The maximum Gasteiger partial charge on any atom is 0.255 e. The predicted molar refractivity (Wildman–Crippen MR) is 111 cm³/mol. The number of nitrogens with one attached hydrogen (secondary N) is 1. The summed E-state index contributed by atoms with van der Waals surface area (Å²) in [4.78, 5) is 22.8. The highest BCUT2D eigenvalue weighted by Crippen LogP contribution is 2.36. The van der Waals surface area contributed by atoms with Crippen LogP contribution in [0.25, 0.3) is 11.3 Å². The van der Waals surface area contributed by atoms with Gasteiger partial charge in [-0.25, -0.2) is 4.98 Å². The van der Waals surface area contributed by atoms with Crippen LogP contribution >= 0.6 is 11.8 Å². The summed E-state index contributed by atoms with van der Waals surface area (Å²) in [5.74, 6) is 2.31. The number of aromatic nitrogens is 2. The van der Waals surface area contributed by atoms with Crippen LogP contribution in [0.2, 0.25) is 0 Å². The number of nitrogens with zero attached hydrogens (tertiary/aromatic N) is 2. The van der Waals surface area contributed by atoms with Gasteiger partial charge in [-0.15, -0.1) is 0 Å². The number of likely N-dealkylation sites (tertiary alicyclic amines) is 1. The molecule has 28 heavy (non-hydrogen) atoms. The van der Waals surface area contributed by atoms with Crippen molar-refractivity contribution in [1.29, 1.82) is 0 Å². The van der Waals surface area contributed by atoms with Crippen molar-refractivity contribution in [3.05, 3.63) is 46.3 Å². The number of hydrogen-bond donors (Lipinski definition) is 1. The summed E-state index contributed by atoms with van der Waals surface area (Å²) in [6.07, 6.45) is 2.78. The summed E-state index contributed by atoms with van der Waals surface area (Å²) in [6, 6.07) is 5.71. The average molecular weight is 400 g/mol. The van der Waals surface area contributed by atoms with E-state index in [9.17, 15) is 4.79 Å². The molecule has 2 aliphatic rings. The van der Waals surface area contributed by atoms with E-state index in [1.165, 1.54) is 5.57 Å². The lowest BCUT2D eigenvalue weighted by atomic mass is 10.0.